The molecule has 0 spiro atoms. The molecule has 0 aliphatic carbocycles. The van der Waals surface area contributed by atoms with Crippen LogP contribution < -0.4 is 10.9 Å². The quantitative estimate of drug-likeness (QED) is 0.614. The van der Waals surface area contributed by atoms with E-state index < -0.39 is 0 Å². The zero-order chi connectivity index (χ0) is 17.6. The summed E-state index contributed by atoms with van der Waals surface area (Å²) in [5, 5.41) is 0.614. The van der Waals surface area contributed by atoms with Crippen LogP contribution in [0.25, 0.3) is 11.0 Å². The van der Waals surface area contributed by atoms with Crippen molar-refractivity contribution in [2.75, 3.05) is 0 Å². The molecule has 7 heteroatoms. The molecule has 3 N–H and O–H groups in total. The number of benzene rings is 2. The SMILES string of the molecule is O=C(CCc1nc2ccccc2[nH]1)NNC(=O)Cc1ccc(Cl)cc1. The van der Waals surface area contributed by atoms with Crippen molar-refractivity contribution in [2.24, 2.45) is 0 Å². The molecule has 3 rings (SSSR count). The summed E-state index contributed by atoms with van der Waals surface area (Å²) in [6.07, 6.45) is 0.857. The van der Waals surface area contributed by atoms with Crippen molar-refractivity contribution in [3.05, 3.63) is 64.9 Å². The molecule has 2 aromatic carbocycles. The van der Waals surface area contributed by atoms with Gasteiger partial charge < -0.3 is 4.98 Å². The highest BCUT2D eigenvalue weighted by Crippen LogP contribution is 2.11. The van der Waals surface area contributed by atoms with Crippen LogP contribution in [0.4, 0.5) is 0 Å². The minimum absolute atomic E-state index is 0.168. The van der Waals surface area contributed by atoms with E-state index >= 15 is 0 Å². The summed E-state index contributed by atoms with van der Waals surface area (Å²) in [5.74, 6) is 0.174. The summed E-state index contributed by atoms with van der Waals surface area (Å²) in [7, 11) is 0. The lowest BCUT2D eigenvalue weighted by Crippen LogP contribution is -2.42. The normalized spacial score (nSPS) is 10.6. The molecule has 1 heterocycles. The number of rotatable bonds is 5. The van der Waals surface area contributed by atoms with Crippen LogP contribution in [-0.2, 0) is 22.4 Å². The molecule has 0 atom stereocenters. The van der Waals surface area contributed by atoms with Crippen molar-refractivity contribution in [3.63, 3.8) is 0 Å². The van der Waals surface area contributed by atoms with Gasteiger partial charge in [0.1, 0.15) is 5.82 Å². The van der Waals surface area contributed by atoms with Crippen LogP contribution in [0.2, 0.25) is 5.02 Å². The van der Waals surface area contributed by atoms with Crippen LogP contribution in [0.3, 0.4) is 0 Å². The number of aromatic amines is 1. The highest BCUT2D eigenvalue weighted by molar-refractivity contribution is 6.30. The average molecular weight is 357 g/mol. The van der Waals surface area contributed by atoms with Gasteiger partial charge in [0, 0.05) is 17.9 Å². The van der Waals surface area contributed by atoms with Crippen molar-refractivity contribution >= 4 is 34.4 Å². The first-order chi connectivity index (χ1) is 12.1. The molecule has 0 aliphatic rings. The standard InChI is InChI=1S/C18H17ClN4O2/c19-13-7-5-12(6-8-13)11-18(25)23-22-17(24)10-9-16-20-14-3-1-2-4-15(14)21-16/h1-8H,9-11H2,(H,20,21)(H,22,24)(H,23,25). The van der Waals surface area contributed by atoms with Gasteiger partial charge in [0.05, 0.1) is 17.5 Å². The molecule has 0 saturated carbocycles. The molecule has 3 aromatic rings. The molecule has 0 unspecified atom stereocenters. The largest absolute Gasteiger partial charge is 0.342 e. The van der Waals surface area contributed by atoms with E-state index in [2.05, 4.69) is 20.8 Å². The number of hydrogen-bond donors (Lipinski definition) is 3. The molecular formula is C18H17ClN4O2. The lowest BCUT2D eigenvalue weighted by atomic mass is 10.1. The highest BCUT2D eigenvalue weighted by Gasteiger charge is 2.08. The zero-order valence-corrected chi connectivity index (χ0v) is 14.1. The molecule has 0 aliphatic heterocycles. The van der Waals surface area contributed by atoms with E-state index in [1.54, 1.807) is 24.3 Å². The summed E-state index contributed by atoms with van der Waals surface area (Å²) in [4.78, 5) is 31.2. The fraction of sp³-hybridized carbons (Fsp3) is 0.167. The second kappa shape index (κ2) is 7.81. The van der Waals surface area contributed by atoms with Crippen LogP contribution >= 0.6 is 11.6 Å². The minimum atomic E-state index is -0.292. The summed E-state index contributed by atoms with van der Waals surface area (Å²) in [6.45, 7) is 0. The van der Waals surface area contributed by atoms with Gasteiger partial charge >= 0.3 is 0 Å². The van der Waals surface area contributed by atoms with E-state index in [0.29, 0.717) is 11.4 Å². The number of nitrogens with one attached hydrogen (secondary N) is 3. The summed E-state index contributed by atoms with van der Waals surface area (Å²) in [5.41, 5.74) is 7.44. The first kappa shape index (κ1) is 17.0. The van der Waals surface area contributed by atoms with Crippen LogP contribution in [-0.4, -0.2) is 21.8 Å². The molecular weight excluding hydrogens is 340 g/mol. The second-order valence-electron chi connectivity index (χ2n) is 5.60. The number of carbonyl (C=O) groups excluding carboxylic acids is 2. The zero-order valence-electron chi connectivity index (χ0n) is 13.4. The average Bonchev–Trinajstić information content (AvgIpc) is 3.03. The van der Waals surface area contributed by atoms with E-state index in [1.165, 1.54) is 0 Å². The Morgan fingerprint density at radius 1 is 1.00 bits per heavy atom. The Balaban J connectivity index is 1.43. The van der Waals surface area contributed by atoms with E-state index in [9.17, 15) is 9.59 Å². The maximum atomic E-state index is 11.8. The number of H-pyrrole nitrogens is 1. The monoisotopic (exact) mass is 356 g/mol. The first-order valence-electron chi connectivity index (χ1n) is 7.86. The number of hydrazine groups is 1. The first-order valence-corrected chi connectivity index (χ1v) is 8.24. The van der Waals surface area contributed by atoms with Crippen molar-refractivity contribution in [1.82, 2.24) is 20.8 Å². The van der Waals surface area contributed by atoms with Gasteiger partial charge in [-0.25, -0.2) is 4.98 Å². The van der Waals surface area contributed by atoms with Crippen LogP contribution in [0.15, 0.2) is 48.5 Å². The van der Waals surface area contributed by atoms with Gasteiger partial charge in [0.25, 0.3) is 0 Å². The number of hydrogen-bond acceptors (Lipinski definition) is 3. The molecule has 2 amide bonds. The maximum Gasteiger partial charge on any atom is 0.242 e. The van der Waals surface area contributed by atoms with Crippen LogP contribution in [0.1, 0.15) is 17.8 Å². The Kier molecular flexibility index (Phi) is 5.30. The number of aromatic nitrogens is 2. The Morgan fingerprint density at radius 2 is 1.72 bits per heavy atom. The third kappa shape index (κ3) is 4.81. The van der Waals surface area contributed by atoms with E-state index in [-0.39, 0.29) is 24.7 Å². The third-order valence-corrected chi connectivity index (χ3v) is 3.90. The van der Waals surface area contributed by atoms with Gasteiger partial charge in [-0.2, -0.15) is 0 Å². The predicted octanol–water partition coefficient (Wildman–Crippen LogP) is 2.54. The van der Waals surface area contributed by atoms with E-state index in [0.717, 1.165) is 22.4 Å². The van der Waals surface area contributed by atoms with Crippen LogP contribution in [0.5, 0.6) is 0 Å². The number of carbonyl (C=O) groups is 2. The fourth-order valence-electron chi connectivity index (χ4n) is 2.39. The van der Waals surface area contributed by atoms with Gasteiger partial charge in [-0.15, -0.1) is 0 Å². The number of halogens is 1. The lowest BCUT2D eigenvalue weighted by Gasteiger charge is -2.07. The number of aryl methyl sites for hydroxylation is 1. The number of amides is 2. The van der Waals surface area contributed by atoms with Crippen molar-refractivity contribution in [1.29, 1.82) is 0 Å². The smallest absolute Gasteiger partial charge is 0.242 e. The van der Waals surface area contributed by atoms with Gasteiger partial charge in [-0.1, -0.05) is 35.9 Å². The Labute approximate surface area is 149 Å². The summed E-state index contributed by atoms with van der Waals surface area (Å²) < 4.78 is 0. The topological polar surface area (TPSA) is 86.9 Å². The Morgan fingerprint density at radius 3 is 2.48 bits per heavy atom. The summed E-state index contributed by atoms with van der Waals surface area (Å²) in [6, 6.07) is 14.7. The van der Waals surface area contributed by atoms with Crippen LogP contribution in [0, 0.1) is 0 Å². The maximum absolute atomic E-state index is 11.8. The molecule has 0 saturated heterocycles. The van der Waals surface area contributed by atoms with Gasteiger partial charge in [-0.05, 0) is 29.8 Å². The lowest BCUT2D eigenvalue weighted by molar-refractivity contribution is -0.128. The molecule has 25 heavy (non-hydrogen) atoms. The molecule has 6 nitrogen and oxygen atoms in total. The number of fused-ring (bicyclic) bond motifs is 1. The minimum Gasteiger partial charge on any atom is -0.342 e. The fourth-order valence-corrected chi connectivity index (χ4v) is 2.52. The van der Waals surface area contributed by atoms with Gasteiger partial charge in [0.15, 0.2) is 0 Å². The molecule has 128 valence electrons. The number of para-hydroxylation sites is 2. The highest BCUT2D eigenvalue weighted by atomic mass is 35.5. The number of nitrogens with zero attached hydrogens (tertiary/aromatic N) is 1. The Hall–Kier alpha value is -2.86. The number of imidazole rings is 1. The van der Waals surface area contributed by atoms with Gasteiger partial charge in [0.2, 0.25) is 11.8 Å². The molecule has 1 aromatic heterocycles. The van der Waals surface area contributed by atoms with Crippen molar-refractivity contribution in [2.45, 2.75) is 19.3 Å². The van der Waals surface area contributed by atoms with Crippen molar-refractivity contribution < 1.29 is 9.59 Å². The van der Waals surface area contributed by atoms with Gasteiger partial charge in [-0.3, -0.25) is 20.4 Å². The predicted molar refractivity (Wildman–Crippen MR) is 95.9 cm³/mol. The molecule has 0 bridgehead atoms. The van der Waals surface area contributed by atoms with E-state index in [1.807, 2.05) is 24.3 Å². The Bertz CT molecular complexity index is 856. The summed E-state index contributed by atoms with van der Waals surface area (Å²) >= 11 is 5.80. The molecule has 0 radical (unpaired) electrons. The van der Waals surface area contributed by atoms with Crippen molar-refractivity contribution in [3.8, 4) is 0 Å². The second-order valence-corrected chi connectivity index (χ2v) is 6.04. The van der Waals surface area contributed by atoms with E-state index in [4.69, 9.17) is 11.6 Å². The molecule has 0 fully saturated rings. The third-order valence-electron chi connectivity index (χ3n) is 3.65.